The number of hydrazone groups is 1. The summed E-state index contributed by atoms with van der Waals surface area (Å²) in [7, 11) is 0. The molecule has 5 heteroatoms. The van der Waals surface area contributed by atoms with Crippen molar-refractivity contribution in [2.75, 3.05) is 0 Å². The first-order valence-corrected chi connectivity index (χ1v) is 6.55. The summed E-state index contributed by atoms with van der Waals surface area (Å²) in [6, 6.07) is 13.3. The van der Waals surface area contributed by atoms with Crippen molar-refractivity contribution in [2.24, 2.45) is 5.10 Å². The van der Waals surface area contributed by atoms with Gasteiger partial charge in [-0.25, -0.2) is 5.43 Å². The van der Waals surface area contributed by atoms with Crippen LogP contribution in [0.25, 0.3) is 0 Å². The van der Waals surface area contributed by atoms with Crippen LogP contribution in [0.15, 0.2) is 64.4 Å². The van der Waals surface area contributed by atoms with Crippen LogP contribution in [0.1, 0.15) is 5.56 Å². The van der Waals surface area contributed by atoms with E-state index in [9.17, 15) is 4.79 Å². The van der Waals surface area contributed by atoms with Crippen molar-refractivity contribution in [1.82, 2.24) is 5.43 Å². The van der Waals surface area contributed by atoms with Crippen LogP contribution in [-0.2, 0) is 11.3 Å². The van der Waals surface area contributed by atoms with E-state index in [1.807, 2.05) is 54.9 Å². The van der Waals surface area contributed by atoms with Crippen LogP contribution in [0, 0.1) is 0 Å². The standard InChI is InChI=1S/C14H12BrN3O/c15-13-6-4-12(5-7-13)10-16-17-14(19)11-18-8-2-1-3-9-18/h1-10H,11H2/p+1/b16-10-. The number of benzene rings is 1. The lowest BCUT2D eigenvalue weighted by molar-refractivity contribution is -0.684. The Morgan fingerprint density at radius 2 is 1.89 bits per heavy atom. The second kappa shape index (κ2) is 6.80. The van der Waals surface area contributed by atoms with Gasteiger partial charge in [0.25, 0.3) is 0 Å². The lowest BCUT2D eigenvalue weighted by Gasteiger charge is -1.96. The molecule has 1 aromatic heterocycles. The number of nitrogens with zero attached hydrogens (tertiary/aromatic N) is 2. The van der Waals surface area contributed by atoms with Crippen LogP contribution in [0.3, 0.4) is 0 Å². The van der Waals surface area contributed by atoms with Crippen LogP contribution >= 0.6 is 15.9 Å². The van der Waals surface area contributed by atoms with Gasteiger partial charge in [0.15, 0.2) is 12.4 Å². The minimum absolute atomic E-state index is 0.162. The minimum Gasteiger partial charge on any atom is -0.266 e. The summed E-state index contributed by atoms with van der Waals surface area (Å²) in [4.78, 5) is 11.6. The molecule has 1 heterocycles. The Bertz CT molecular complexity index is 567. The molecule has 0 aliphatic heterocycles. The van der Waals surface area contributed by atoms with Crippen LogP contribution < -0.4 is 9.99 Å². The molecule has 0 saturated heterocycles. The number of nitrogens with one attached hydrogen (secondary N) is 1. The van der Waals surface area contributed by atoms with Gasteiger partial charge < -0.3 is 0 Å². The molecule has 0 spiro atoms. The fourth-order valence-corrected chi connectivity index (χ4v) is 1.73. The van der Waals surface area contributed by atoms with Gasteiger partial charge in [0, 0.05) is 16.6 Å². The zero-order valence-electron chi connectivity index (χ0n) is 10.2. The molecule has 0 atom stereocenters. The normalized spacial score (nSPS) is 10.6. The van der Waals surface area contributed by atoms with E-state index < -0.39 is 0 Å². The van der Waals surface area contributed by atoms with Crippen LogP contribution in [-0.4, -0.2) is 12.1 Å². The summed E-state index contributed by atoms with van der Waals surface area (Å²) < 4.78 is 2.79. The second-order valence-corrected chi connectivity index (χ2v) is 4.81. The predicted octanol–water partition coefficient (Wildman–Crippen LogP) is 1.89. The van der Waals surface area contributed by atoms with E-state index in [1.165, 1.54) is 0 Å². The van der Waals surface area contributed by atoms with E-state index >= 15 is 0 Å². The monoisotopic (exact) mass is 318 g/mol. The molecule has 2 rings (SSSR count). The third-order valence-corrected chi connectivity index (χ3v) is 2.91. The first-order valence-electron chi connectivity index (χ1n) is 5.75. The lowest BCUT2D eigenvalue weighted by Crippen LogP contribution is -2.40. The molecule has 0 saturated carbocycles. The van der Waals surface area contributed by atoms with Crippen molar-refractivity contribution >= 4 is 28.1 Å². The van der Waals surface area contributed by atoms with Gasteiger partial charge in [0.1, 0.15) is 0 Å². The average molecular weight is 319 g/mol. The van der Waals surface area contributed by atoms with Crippen molar-refractivity contribution in [3.8, 4) is 0 Å². The van der Waals surface area contributed by atoms with Crippen molar-refractivity contribution in [2.45, 2.75) is 6.54 Å². The van der Waals surface area contributed by atoms with E-state index in [1.54, 1.807) is 10.8 Å². The highest BCUT2D eigenvalue weighted by Gasteiger charge is 2.06. The van der Waals surface area contributed by atoms with Crippen molar-refractivity contribution in [3.05, 3.63) is 64.9 Å². The zero-order valence-corrected chi connectivity index (χ0v) is 11.7. The second-order valence-electron chi connectivity index (χ2n) is 3.89. The first kappa shape index (κ1) is 13.4. The van der Waals surface area contributed by atoms with Crippen LogP contribution in [0.5, 0.6) is 0 Å². The number of hydrogen-bond acceptors (Lipinski definition) is 2. The maximum Gasteiger partial charge on any atom is 0.305 e. The Labute approximate surface area is 119 Å². The molecular formula is C14H13BrN3O+. The third kappa shape index (κ3) is 4.63. The van der Waals surface area contributed by atoms with Crippen molar-refractivity contribution < 1.29 is 9.36 Å². The fraction of sp³-hybridized carbons (Fsp3) is 0.0714. The summed E-state index contributed by atoms with van der Waals surface area (Å²) in [5, 5.41) is 3.91. The van der Waals surface area contributed by atoms with Gasteiger partial charge in [-0.2, -0.15) is 9.67 Å². The molecule has 96 valence electrons. The molecule has 4 nitrogen and oxygen atoms in total. The van der Waals surface area contributed by atoms with Gasteiger partial charge >= 0.3 is 5.91 Å². The summed E-state index contributed by atoms with van der Waals surface area (Å²) >= 11 is 3.36. The van der Waals surface area contributed by atoms with E-state index in [2.05, 4.69) is 26.5 Å². The molecule has 0 unspecified atom stereocenters. The number of aromatic nitrogens is 1. The Balaban J connectivity index is 1.85. The smallest absolute Gasteiger partial charge is 0.266 e. The molecule has 0 radical (unpaired) electrons. The van der Waals surface area contributed by atoms with Gasteiger partial charge in [0.05, 0.1) is 6.21 Å². The molecule has 0 fully saturated rings. The van der Waals surface area contributed by atoms with Crippen LogP contribution in [0.4, 0.5) is 0 Å². The molecule has 1 amide bonds. The maximum atomic E-state index is 11.6. The topological polar surface area (TPSA) is 45.3 Å². The van der Waals surface area contributed by atoms with Gasteiger partial charge in [-0.3, -0.25) is 4.79 Å². The average Bonchev–Trinajstić information content (AvgIpc) is 2.42. The van der Waals surface area contributed by atoms with E-state index in [0.29, 0.717) is 0 Å². The Morgan fingerprint density at radius 1 is 1.21 bits per heavy atom. The fourth-order valence-electron chi connectivity index (χ4n) is 1.47. The summed E-state index contributed by atoms with van der Waals surface area (Å²) in [6.45, 7) is 0.249. The molecule has 0 aliphatic rings. The maximum absolute atomic E-state index is 11.6. The van der Waals surface area contributed by atoms with Gasteiger partial charge in [-0.1, -0.05) is 34.1 Å². The highest BCUT2D eigenvalue weighted by atomic mass is 79.9. The number of amides is 1. The Kier molecular flexibility index (Phi) is 4.80. The molecular weight excluding hydrogens is 306 g/mol. The van der Waals surface area contributed by atoms with Crippen molar-refractivity contribution in [3.63, 3.8) is 0 Å². The SMILES string of the molecule is O=C(C[n+]1ccccc1)N/N=C\c1ccc(Br)cc1. The summed E-state index contributed by atoms with van der Waals surface area (Å²) in [6.07, 6.45) is 5.27. The zero-order chi connectivity index (χ0) is 13.5. The molecule has 1 aromatic carbocycles. The number of carbonyl (C=O) groups is 1. The van der Waals surface area contributed by atoms with E-state index in [0.717, 1.165) is 10.0 Å². The number of carbonyl (C=O) groups excluding carboxylic acids is 1. The molecule has 2 aromatic rings. The van der Waals surface area contributed by atoms with E-state index in [4.69, 9.17) is 0 Å². The van der Waals surface area contributed by atoms with E-state index in [-0.39, 0.29) is 12.5 Å². The summed E-state index contributed by atoms with van der Waals surface area (Å²) in [5.74, 6) is -0.162. The highest BCUT2D eigenvalue weighted by molar-refractivity contribution is 9.10. The first-order chi connectivity index (χ1) is 9.24. The Morgan fingerprint density at radius 3 is 2.58 bits per heavy atom. The van der Waals surface area contributed by atoms with Gasteiger partial charge in [0.2, 0.25) is 6.54 Å². The van der Waals surface area contributed by atoms with Gasteiger partial charge in [-0.05, 0) is 17.7 Å². The number of pyridine rings is 1. The Hall–Kier alpha value is -2.01. The minimum atomic E-state index is -0.162. The van der Waals surface area contributed by atoms with Crippen LogP contribution in [0.2, 0.25) is 0 Å². The largest absolute Gasteiger partial charge is 0.305 e. The highest BCUT2D eigenvalue weighted by Crippen LogP contribution is 2.08. The van der Waals surface area contributed by atoms with Gasteiger partial charge in [-0.15, -0.1) is 0 Å². The molecule has 0 bridgehead atoms. The molecule has 0 aliphatic carbocycles. The third-order valence-electron chi connectivity index (χ3n) is 2.38. The number of rotatable bonds is 4. The predicted molar refractivity (Wildman–Crippen MR) is 76.5 cm³/mol. The molecule has 1 N–H and O–H groups in total. The number of hydrogen-bond donors (Lipinski definition) is 1. The summed E-state index contributed by atoms with van der Waals surface area (Å²) in [5.41, 5.74) is 3.42. The van der Waals surface area contributed by atoms with Crippen molar-refractivity contribution in [1.29, 1.82) is 0 Å². The lowest BCUT2D eigenvalue weighted by atomic mass is 10.2. The molecule has 19 heavy (non-hydrogen) atoms. The number of halogens is 1. The quantitative estimate of drug-likeness (QED) is 0.522.